The number of aliphatic hydroxyl groups is 1. The maximum Gasteiger partial charge on any atom is 0.137 e. The number of benzene rings is 1. The molecule has 0 aliphatic heterocycles. The summed E-state index contributed by atoms with van der Waals surface area (Å²) in [4.78, 5) is 0. The van der Waals surface area contributed by atoms with Crippen molar-refractivity contribution in [3.63, 3.8) is 0 Å². The van der Waals surface area contributed by atoms with Crippen molar-refractivity contribution in [1.29, 1.82) is 0 Å². The molecule has 0 radical (unpaired) electrons. The Morgan fingerprint density at radius 2 is 2.29 bits per heavy atom. The molecule has 0 heterocycles. The molecule has 0 saturated heterocycles. The second kappa shape index (κ2) is 5.20. The highest BCUT2D eigenvalue weighted by Crippen LogP contribution is 2.27. The van der Waals surface area contributed by atoms with Gasteiger partial charge in [-0.15, -0.1) is 0 Å². The average Bonchev–Trinajstić information content (AvgIpc) is 2.18. The highest BCUT2D eigenvalue weighted by atomic mass is 35.5. The quantitative estimate of drug-likeness (QED) is 0.805. The molecule has 3 N–H and O–H groups in total. The maximum atomic E-state index is 8.73. The molecular formula is C10H14ClNO2. The van der Waals surface area contributed by atoms with Gasteiger partial charge in [0.2, 0.25) is 0 Å². The molecule has 0 bridgehead atoms. The van der Waals surface area contributed by atoms with Crippen molar-refractivity contribution in [3.8, 4) is 5.75 Å². The summed E-state index contributed by atoms with van der Waals surface area (Å²) in [5.41, 5.74) is 6.71. The summed E-state index contributed by atoms with van der Waals surface area (Å²) in [5, 5.41) is 9.27. The summed E-state index contributed by atoms with van der Waals surface area (Å²) in [7, 11) is 1.56. The van der Waals surface area contributed by atoms with Crippen LogP contribution in [0.25, 0.3) is 0 Å². The van der Waals surface area contributed by atoms with Gasteiger partial charge in [-0.25, -0.2) is 0 Å². The van der Waals surface area contributed by atoms with Gasteiger partial charge in [0.25, 0.3) is 0 Å². The van der Waals surface area contributed by atoms with E-state index in [2.05, 4.69) is 0 Å². The van der Waals surface area contributed by atoms with Crippen LogP contribution in [-0.4, -0.2) is 18.8 Å². The van der Waals surface area contributed by atoms with E-state index < -0.39 is 0 Å². The Hall–Kier alpha value is -0.770. The molecule has 4 heteroatoms. The molecule has 0 saturated carbocycles. The minimum Gasteiger partial charge on any atom is -0.495 e. The lowest BCUT2D eigenvalue weighted by molar-refractivity contribution is 0.276. The molecule has 1 aromatic carbocycles. The van der Waals surface area contributed by atoms with Crippen molar-refractivity contribution >= 4 is 11.6 Å². The number of hydrogen-bond acceptors (Lipinski definition) is 3. The molecule has 0 fully saturated rings. The molecule has 0 unspecified atom stereocenters. The Morgan fingerprint density at radius 1 is 1.57 bits per heavy atom. The number of ether oxygens (including phenoxy) is 1. The SMILES string of the molecule is COc1ccc([C@H](N)CCO)cc1Cl. The van der Waals surface area contributed by atoms with Crippen LogP contribution >= 0.6 is 11.6 Å². The van der Waals surface area contributed by atoms with Crippen LogP contribution in [0.1, 0.15) is 18.0 Å². The van der Waals surface area contributed by atoms with Gasteiger partial charge < -0.3 is 15.6 Å². The monoisotopic (exact) mass is 215 g/mol. The van der Waals surface area contributed by atoms with Gasteiger partial charge in [-0.1, -0.05) is 17.7 Å². The summed E-state index contributed by atoms with van der Waals surface area (Å²) < 4.78 is 5.02. The summed E-state index contributed by atoms with van der Waals surface area (Å²) in [6, 6.07) is 5.21. The number of nitrogens with two attached hydrogens (primary N) is 1. The third-order valence-corrected chi connectivity index (χ3v) is 2.34. The van der Waals surface area contributed by atoms with E-state index in [1.54, 1.807) is 19.2 Å². The lowest BCUT2D eigenvalue weighted by Crippen LogP contribution is -2.11. The first-order chi connectivity index (χ1) is 6.69. The average molecular weight is 216 g/mol. The lowest BCUT2D eigenvalue weighted by Gasteiger charge is -2.11. The summed E-state index contributed by atoms with van der Waals surface area (Å²) in [6.07, 6.45) is 0.530. The molecule has 14 heavy (non-hydrogen) atoms. The van der Waals surface area contributed by atoms with Crippen LogP contribution in [-0.2, 0) is 0 Å². The molecule has 1 atom stereocenters. The number of hydrogen-bond donors (Lipinski definition) is 2. The standard InChI is InChI=1S/C10H14ClNO2/c1-14-10-3-2-7(6-8(10)11)9(12)4-5-13/h2-3,6,9,13H,4-5,12H2,1H3/t9-/m1/s1. The Bertz CT molecular complexity index is 304. The van der Waals surface area contributed by atoms with E-state index in [4.69, 9.17) is 27.2 Å². The third-order valence-electron chi connectivity index (χ3n) is 2.04. The summed E-state index contributed by atoms with van der Waals surface area (Å²) in [6.45, 7) is 0.0742. The van der Waals surface area contributed by atoms with Gasteiger partial charge in [0.05, 0.1) is 12.1 Å². The normalized spacial score (nSPS) is 12.6. The van der Waals surface area contributed by atoms with Gasteiger partial charge in [0.1, 0.15) is 5.75 Å². The largest absolute Gasteiger partial charge is 0.495 e. The zero-order valence-corrected chi connectivity index (χ0v) is 8.79. The van der Waals surface area contributed by atoms with Crippen LogP contribution in [0.2, 0.25) is 5.02 Å². The second-order valence-electron chi connectivity index (χ2n) is 3.01. The van der Waals surface area contributed by atoms with E-state index in [1.165, 1.54) is 0 Å². The number of rotatable bonds is 4. The number of halogens is 1. The first-order valence-electron chi connectivity index (χ1n) is 4.39. The minimum absolute atomic E-state index is 0.0742. The third kappa shape index (κ3) is 2.61. The minimum atomic E-state index is -0.177. The van der Waals surface area contributed by atoms with Gasteiger partial charge in [-0.05, 0) is 24.1 Å². The highest BCUT2D eigenvalue weighted by Gasteiger charge is 2.08. The van der Waals surface area contributed by atoms with Gasteiger partial charge in [-0.3, -0.25) is 0 Å². The van der Waals surface area contributed by atoms with E-state index in [0.29, 0.717) is 17.2 Å². The molecule has 0 aromatic heterocycles. The van der Waals surface area contributed by atoms with Crippen LogP contribution in [0.4, 0.5) is 0 Å². The van der Waals surface area contributed by atoms with Crippen LogP contribution in [0.3, 0.4) is 0 Å². The lowest BCUT2D eigenvalue weighted by atomic mass is 10.1. The Balaban J connectivity index is 2.85. The topological polar surface area (TPSA) is 55.5 Å². The first-order valence-corrected chi connectivity index (χ1v) is 4.76. The van der Waals surface area contributed by atoms with E-state index in [0.717, 1.165) is 5.56 Å². The highest BCUT2D eigenvalue weighted by molar-refractivity contribution is 6.32. The van der Waals surface area contributed by atoms with Crippen LogP contribution < -0.4 is 10.5 Å². The molecule has 0 amide bonds. The van der Waals surface area contributed by atoms with Gasteiger partial charge in [-0.2, -0.15) is 0 Å². The van der Waals surface area contributed by atoms with Crippen molar-refractivity contribution in [1.82, 2.24) is 0 Å². The Labute approximate surface area is 88.4 Å². The molecule has 0 aliphatic rings. The van der Waals surface area contributed by atoms with Gasteiger partial charge >= 0.3 is 0 Å². The Morgan fingerprint density at radius 3 is 2.79 bits per heavy atom. The van der Waals surface area contributed by atoms with E-state index in [1.807, 2.05) is 6.07 Å². The fraction of sp³-hybridized carbons (Fsp3) is 0.400. The molecule has 0 aliphatic carbocycles. The van der Waals surface area contributed by atoms with Crippen molar-refractivity contribution in [2.45, 2.75) is 12.5 Å². The van der Waals surface area contributed by atoms with E-state index in [9.17, 15) is 0 Å². The molecule has 1 aromatic rings. The molecule has 78 valence electrons. The van der Waals surface area contributed by atoms with Crippen LogP contribution in [0.15, 0.2) is 18.2 Å². The maximum absolute atomic E-state index is 8.73. The molecule has 3 nitrogen and oxygen atoms in total. The summed E-state index contributed by atoms with van der Waals surface area (Å²) in [5.74, 6) is 0.631. The van der Waals surface area contributed by atoms with Crippen LogP contribution in [0, 0.1) is 0 Å². The zero-order valence-electron chi connectivity index (χ0n) is 8.03. The predicted octanol–water partition coefficient (Wildman–Crippen LogP) is 1.73. The van der Waals surface area contributed by atoms with E-state index >= 15 is 0 Å². The van der Waals surface area contributed by atoms with Crippen molar-refractivity contribution in [2.75, 3.05) is 13.7 Å². The molecule has 1 rings (SSSR count). The smallest absolute Gasteiger partial charge is 0.137 e. The van der Waals surface area contributed by atoms with Gasteiger partial charge in [0, 0.05) is 12.6 Å². The van der Waals surface area contributed by atoms with Crippen molar-refractivity contribution in [2.24, 2.45) is 5.73 Å². The van der Waals surface area contributed by atoms with Gasteiger partial charge in [0.15, 0.2) is 0 Å². The fourth-order valence-electron chi connectivity index (χ4n) is 1.22. The predicted molar refractivity (Wildman–Crippen MR) is 56.6 cm³/mol. The van der Waals surface area contributed by atoms with E-state index in [-0.39, 0.29) is 12.6 Å². The second-order valence-corrected chi connectivity index (χ2v) is 3.42. The first kappa shape index (κ1) is 11.3. The molecular weight excluding hydrogens is 202 g/mol. The fourth-order valence-corrected chi connectivity index (χ4v) is 1.49. The van der Waals surface area contributed by atoms with Crippen molar-refractivity contribution in [3.05, 3.63) is 28.8 Å². The zero-order chi connectivity index (χ0) is 10.6. The van der Waals surface area contributed by atoms with Crippen molar-refractivity contribution < 1.29 is 9.84 Å². The van der Waals surface area contributed by atoms with Crippen LogP contribution in [0.5, 0.6) is 5.75 Å². The Kier molecular flexibility index (Phi) is 4.20. The molecule has 0 spiro atoms. The summed E-state index contributed by atoms with van der Waals surface area (Å²) >= 11 is 5.93. The number of aliphatic hydroxyl groups excluding tert-OH is 1. The number of methoxy groups -OCH3 is 1.